The highest BCUT2D eigenvalue weighted by Crippen LogP contribution is 2.23. The number of nitrogens with zero attached hydrogens (tertiary/aromatic N) is 3. The van der Waals surface area contributed by atoms with Gasteiger partial charge in [0, 0.05) is 43.3 Å². The molecule has 5 nitrogen and oxygen atoms in total. The van der Waals surface area contributed by atoms with Crippen LogP contribution in [0.4, 0.5) is 11.4 Å². The van der Waals surface area contributed by atoms with Crippen LogP contribution >= 0.6 is 0 Å². The first kappa shape index (κ1) is 14.6. The molecule has 1 N–H and O–H groups in total. The van der Waals surface area contributed by atoms with Crippen molar-refractivity contribution in [2.45, 2.75) is 32.2 Å². The highest BCUT2D eigenvalue weighted by molar-refractivity contribution is 5.91. The van der Waals surface area contributed by atoms with Gasteiger partial charge in [0.15, 0.2) is 0 Å². The monoisotopic (exact) mass is 298 g/mol. The minimum Gasteiger partial charge on any atom is -0.371 e. The van der Waals surface area contributed by atoms with Gasteiger partial charge in [-0.15, -0.1) is 0 Å². The van der Waals surface area contributed by atoms with Crippen LogP contribution in [-0.2, 0) is 4.79 Å². The average molecular weight is 298 g/mol. The fraction of sp³-hybridized carbons (Fsp3) is 0.412. The lowest BCUT2D eigenvalue weighted by Crippen LogP contribution is -2.19. The van der Waals surface area contributed by atoms with E-state index in [1.54, 1.807) is 10.9 Å². The lowest BCUT2D eigenvalue weighted by atomic mass is 10.2. The van der Waals surface area contributed by atoms with Crippen LogP contribution in [0.25, 0.3) is 0 Å². The summed E-state index contributed by atoms with van der Waals surface area (Å²) < 4.78 is 1.81. The zero-order chi connectivity index (χ0) is 15.4. The first-order chi connectivity index (χ1) is 10.7. The largest absolute Gasteiger partial charge is 0.371 e. The zero-order valence-corrected chi connectivity index (χ0v) is 12.9. The maximum absolute atomic E-state index is 12.2. The molecule has 1 aliphatic rings. The van der Waals surface area contributed by atoms with Crippen molar-refractivity contribution < 1.29 is 4.79 Å². The number of aromatic nitrogens is 2. The van der Waals surface area contributed by atoms with E-state index in [2.05, 4.69) is 27.4 Å². The number of rotatable bonds is 5. The van der Waals surface area contributed by atoms with Crippen molar-refractivity contribution in [2.24, 2.45) is 0 Å². The van der Waals surface area contributed by atoms with E-state index in [9.17, 15) is 4.79 Å². The van der Waals surface area contributed by atoms with Crippen molar-refractivity contribution in [2.75, 3.05) is 23.3 Å². The molecule has 0 radical (unpaired) electrons. The van der Waals surface area contributed by atoms with Crippen molar-refractivity contribution in [1.29, 1.82) is 0 Å². The molecule has 1 fully saturated rings. The van der Waals surface area contributed by atoms with Crippen LogP contribution in [-0.4, -0.2) is 28.8 Å². The molecule has 1 saturated heterocycles. The number of amides is 1. The lowest BCUT2D eigenvalue weighted by molar-refractivity contribution is -0.116. The van der Waals surface area contributed by atoms with Gasteiger partial charge in [0.25, 0.3) is 0 Å². The molecule has 2 aromatic rings. The van der Waals surface area contributed by atoms with Crippen LogP contribution in [0.3, 0.4) is 0 Å². The van der Waals surface area contributed by atoms with E-state index in [4.69, 9.17) is 0 Å². The van der Waals surface area contributed by atoms with Crippen LogP contribution in [0.5, 0.6) is 0 Å². The molecule has 0 saturated carbocycles. The number of carbonyl (C=O) groups excluding carboxylic acids is 1. The Balaban J connectivity index is 1.60. The Kier molecular flexibility index (Phi) is 4.42. The van der Waals surface area contributed by atoms with Gasteiger partial charge in [0.2, 0.25) is 5.91 Å². The molecule has 116 valence electrons. The number of benzene rings is 1. The summed E-state index contributed by atoms with van der Waals surface area (Å²) in [6.07, 6.45) is 6.52. The first-order valence-corrected chi connectivity index (χ1v) is 7.86. The third kappa shape index (κ3) is 3.47. The number of nitrogens with one attached hydrogen (secondary N) is 1. The number of hydrogen-bond acceptors (Lipinski definition) is 3. The molecule has 0 aliphatic carbocycles. The Labute approximate surface area is 130 Å². The van der Waals surface area contributed by atoms with Gasteiger partial charge in [-0.2, -0.15) is 5.10 Å². The van der Waals surface area contributed by atoms with E-state index in [0.29, 0.717) is 6.42 Å². The highest BCUT2D eigenvalue weighted by Gasteiger charge is 2.14. The van der Waals surface area contributed by atoms with Crippen molar-refractivity contribution in [1.82, 2.24) is 9.78 Å². The van der Waals surface area contributed by atoms with Gasteiger partial charge in [-0.3, -0.25) is 9.48 Å². The Morgan fingerprint density at radius 2 is 2.14 bits per heavy atom. The molecule has 2 heterocycles. The minimum absolute atomic E-state index is 0.0153. The average Bonchev–Trinajstić information content (AvgIpc) is 3.21. The SMILES string of the molecule is C[C@@H](CC(=O)Nc1cccc(N2CCCC2)c1)n1cccn1. The van der Waals surface area contributed by atoms with Gasteiger partial charge in [0.05, 0.1) is 6.04 Å². The molecule has 22 heavy (non-hydrogen) atoms. The predicted molar refractivity (Wildman–Crippen MR) is 88.1 cm³/mol. The second kappa shape index (κ2) is 6.64. The smallest absolute Gasteiger partial charge is 0.226 e. The van der Waals surface area contributed by atoms with E-state index >= 15 is 0 Å². The summed E-state index contributed by atoms with van der Waals surface area (Å²) in [7, 11) is 0. The summed E-state index contributed by atoms with van der Waals surface area (Å²) >= 11 is 0. The molecule has 0 spiro atoms. The Bertz CT molecular complexity index is 617. The number of carbonyl (C=O) groups is 1. The van der Waals surface area contributed by atoms with Crippen LogP contribution in [0.15, 0.2) is 42.7 Å². The van der Waals surface area contributed by atoms with Crippen molar-refractivity contribution in [3.8, 4) is 0 Å². The zero-order valence-electron chi connectivity index (χ0n) is 12.9. The standard InChI is InChI=1S/C17H22N4O/c1-14(21-11-5-8-18-21)12-17(22)19-15-6-4-7-16(13-15)20-9-2-3-10-20/h4-8,11,13-14H,2-3,9-10,12H2,1H3,(H,19,22)/t14-/m0/s1. The van der Waals surface area contributed by atoms with E-state index < -0.39 is 0 Å². The molecule has 1 atom stereocenters. The maximum Gasteiger partial charge on any atom is 0.226 e. The van der Waals surface area contributed by atoms with E-state index in [1.165, 1.54) is 18.5 Å². The van der Waals surface area contributed by atoms with Gasteiger partial charge in [-0.1, -0.05) is 6.07 Å². The molecular formula is C17H22N4O. The quantitative estimate of drug-likeness (QED) is 0.923. The summed E-state index contributed by atoms with van der Waals surface area (Å²) in [4.78, 5) is 14.5. The van der Waals surface area contributed by atoms with Gasteiger partial charge >= 0.3 is 0 Å². The molecular weight excluding hydrogens is 276 g/mol. The molecule has 0 bridgehead atoms. The highest BCUT2D eigenvalue weighted by atomic mass is 16.1. The first-order valence-electron chi connectivity index (χ1n) is 7.86. The predicted octanol–water partition coefficient (Wildman–Crippen LogP) is 3.07. The Morgan fingerprint density at radius 3 is 2.86 bits per heavy atom. The molecule has 1 amide bonds. The lowest BCUT2D eigenvalue weighted by Gasteiger charge is -2.18. The summed E-state index contributed by atoms with van der Waals surface area (Å²) in [5.41, 5.74) is 2.05. The van der Waals surface area contributed by atoms with Crippen molar-refractivity contribution >= 4 is 17.3 Å². The Morgan fingerprint density at radius 1 is 1.32 bits per heavy atom. The maximum atomic E-state index is 12.2. The van der Waals surface area contributed by atoms with E-state index in [-0.39, 0.29) is 11.9 Å². The van der Waals surface area contributed by atoms with E-state index in [1.807, 2.05) is 31.3 Å². The second-order valence-electron chi connectivity index (χ2n) is 5.83. The van der Waals surface area contributed by atoms with Gasteiger partial charge in [0.1, 0.15) is 0 Å². The van der Waals surface area contributed by atoms with Gasteiger partial charge < -0.3 is 10.2 Å². The summed E-state index contributed by atoms with van der Waals surface area (Å²) in [5, 5.41) is 7.16. The van der Waals surface area contributed by atoms with E-state index in [0.717, 1.165) is 18.8 Å². The van der Waals surface area contributed by atoms with Crippen LogP contribution in [0.1, 0.15) is 32.2 Å². The normalized spacial score (nSPS) is 15.8. The molecule has 5 heteroatoms. The second-order valence-corrected chi connectivity index (χ2v) is 5.83. The summed E-state index contributed by atoms with van der Waals surface area (Å²) in [5.74, 6) is 0.0153. The van der Waals surface area contributed by atoms with Crippen LogP contribution in [0.2, 0.25) is 0 Å². The summed E-state index contributed by atoms with van der Waals surface area (Å²) in [6.45, 7) is 4.20. The molecule has 1 aromatic carbocycles. The molecule has 1 aliphatic heterocycles. The third-order valence-electron chi connectivity index (χ3n) is 4.06. The molecule has 3 rings (SSSR count). The molecule has 0 unspecified atom stereocenters. The van der Waals surface area contributed by atoms with Crippen molar-refractivity contribution in [3.05, 3.63) is 42.7 Å². The topological polar surface area (TPSA) is 50.2 Å². The Hall–Kier alpha value is -2.30. The summed E-state index contributed by atoms with van der Waals surface area (Å²) in [6, 6.07) is 10.0. The minimum atomic E-state index is 0.0153. The number of hydrogen-bond donors (Lipinski definition) is 1. The van der Waals surface area contributed by atoms with Crippen LogP contribution in [0, 0.1) is 0 Å². The third-order valence-corrected chi connectivity index (χ3v) is 4.06. The van der Waals surface area contributed by atoms with Gasteiger partial charge in [-0.25, -0.2) is 0 Å². The fourth-order valence-corrected chi connectivity index (χ4v) is 2.87. The fourth-order valence-electron chi connectivity index (χ4n) is 2.87. The van der Waals surface area contributed by atoms with Crippen molar-refractivity contribution in [3.63, 3.8) is 0 Å². The number of anilines is 2. The van der Waals surface area contributed by atoms with Crippen LogP contribution < -0.4 is 10.2 Å². The van der Waals surface area contributed by atoms with Gasteiger partial charge in [-0.05, 0) is 44.0 Å². The molecule has 1 aromatic heterocycles.